The zero-order valence-corrected chi connectivity index (χ0v) is 12.9. The molecule has 0 bridgehead atoms. The van der Waals surface area contributed by atoms with Gasteiger partial charge in [0, 0.05) is 17.4 Å². The van der Waals surface area contributed by atoms with Gasteiger partial charge in [0.25, 0.3) is 0 Å². The second-order valence-corrected chi connectivity index (χ2v) is 4.66. The van der Waals surface area contributed by atoms with Crippen molar-refractivity contribution in [2.75, 3.05) is 31.4 Å². The molecular formula is C17H17N3O3. The number of amides is 1. The number of rotatable bonds is 6. The van der Waals surface area contributed by atoms with Crippen LogP contribution < -0.4 is 20.1 Å². The van der Waals surface area contributed by atoms with Crippen LogP contribution in [0, 0.1) is 11.3 Å². The molecule has 0 atom stereocenters. The first kappa shape index (κ1) is 16.2. The van der Waals surface area contributed by atoms with Crippen molar-refractivity contribution < 1.29 is 14.3 Å². The minimum absolute atomic E-state index is 0.0895. The number of ether oxygens (including phenoxy) is 2. The zero-order valence-electron chi connectivity index (χ0n) is 12.9. The summed E-state index contributed by atoms with van der Waals surface area (Å²) in [5.41, 5.74) is 1.82. The van der Waals surface area contributed by atoms with Crippen LogP contribution in [0.15, 0.2) is 42.5 Å². The van der Waals surface area contributed by atoms with Gasteiger partial charge in [-0.05, 0) is 30.3 Å². The highest BCUT2D eigenvalue weighted by Crippen LogP contribution is 2.29. The van der Waals surface area contributed by atoms with Crippen LogP contribution in [0.5, 0.6) is 11.5 Å². The Morgan fingerprint density at radius 1 is 1.09 bits per heavy atom. The quantitative estimate of drug-likeness (QED) is 0.857. The summed E-state index contributed by atoms with van der Waals surface area (Å²) in [6.45, 7) is 0.0895. The maximum Gasteiger partial charge on any atom is 0.243 e. The van der Waals surface area contributed by atoms with Gasteiger partial charge in [0.1, 0.15) is 0 Å². The minimum Gasteiger partial charge on any atom is -0.493 e. The third-order valence-corrected chi connectivity index (χ3v) is 3.11. The van der Waals surface area contributed by atoms with E-state index in [1.165, 1.54) is 0 Å². The summed E-state index contributed by atoms with van der Waals surface area (Å²) in [6, 6.07) is 14.1. The average Bonchev–Trinajstić information content (AvgIpc) is 2.59. The van der Waals surface area contributed by atoms with Gasteiger partial charge in [-0.1, -0.05) is 6.07 Å². The molecule has 2 aromatic carbocycles. The molecule has 6 nitrogen and oxygen atoms in total. The lowest BCUT2D eigenvalue weighted by molar-refractivity contribution is -0.114. The van der Waals surface area contributed by atoms with E-state index in [-0.39, 0.29) is 12.5 Å². The van der Waals surface area contributed by atoms with Crippen molar-refractivity contribution >= 4 is 17.3 Å². The summed E-state index contributed by atoms with van der Waals surface area (Å²) in [5, 5.41) is 14.6. The van der Waals surface area contributed by atoms with Gasteiger partial charge in [-0.2, -0.15) is 5.26 Å². The van der Waals surface area contributed by atoms with Crippen LogP contribution in [0.25, 0.3) is 0 Å². The number of methoxy groups -OCH3 is 2. The molecule has 0 unspecified atom stereocenters. The molecule has 118 valence electrons. The Bertz CT molecular complexity index is 738. The number of hydrogen-bond donors (Lipinski definition) is 2. The average molecular weight is 311 g/mol. The highest BCUT2D eigenvalue weighted by atomic mass is 16.5. The first-order valence-electron chi connectivity index (χ1n) is 6.92. The largest absolute Gasteiger partial charge is 0.493 e. The predicted octanol–water partition coefficient (Wildman–Crippen LogP) is 2.63. The van der Waals surface area contributed by atoms with Gasteiger partial charge >= 0.3 is 0 Å². The Balaban J connectivity index is 1.95. The van der Waals surface area contributed by atoms with E-state index >= 15 is 0 Å². The van der Waals surface area contributed by atoms with Gasteiger partial charge in [-0.15, -0.1) is 0 Å². The SMILES string of the molecule is COc1ccc(NCC(=O)Nc2cccc(C#N)c2)cc1OC. The van der Waals surface area contributed by atoms with Crippen LogP contribution >= 0.6 is 0 Å². The van der Waals surface area contributed by atoms with E-state index in [0.29, 0.717) is 22.7 Å². The summed E-state index contributed by atoms with van der Waals surface area (Å²) in [6.07, 6.45) is 0. The normalized spacial score (nSPS) is 9.61. The number of hydrogen-bond acceptors (Lipinski definition) is 5. The molecule has 0 saturated carbocycles. The highest BCUT2D eigenvalue weighted by molar-refractivity contribution is 5.93. The first-order valence-corrected chi connectivity index (χ1v) is 6.92. The molecule has 1 amide bonds. The van der Waals surface area contributed by atoms with Gasteiger partial charge in [0.15, 0.2) is 11.5 Å². The molecule has 0 radical (unpaired) electrons. The smallest absolute Gasteiger partial charge is 0.243 e. The van der Waals surface area contributed by atoms with Crippen LogP contribution in [0.4, 0.5) is 11.4 Å². The van der Waals surface area contributed by atoms with Crippen LogP contribution in [0.1, 0.15) is 5.56 Å². The summed E-state index contributed by atoms with van der Waals surface area (Å²) in [4.78, 5) is 12.0. The third-order valence-electron chi connectivity index (χ3n) is 3.11. The molecule has 23 heavy (non-hydrogen) atoms. The van der Waals surface area contributed by atoms with Crippen molar-refractivity contribution in [3.8, 4) is 17.6 Å². The number of nitriles is 1. The minimum atomic E-state index is -0.213. The maximum atomic E-state index is 12.0. The van der Waals surface area contributed by atoms with Gasteiger partial charge in [-0.3, -0.25) is 4.79 Å². The third kappa shape index (κ3) is 4.38. The fourth-order valence-electron chi connectivity index (χ4n) is 2.00. The lowest BCUT2D eigenvalue weighted by Gasteiger charge is -2.11. The number of nitrogens with one attached hydrogen (secondary N) is 2. The summed E-state index contributed by atoms with van der Waals surface area (Å²) in [5.74, 6) is 0.991. The van der Waals surface area contributed by atoms with Crippen molar-refractivity contribution in [3.63, 3.8) is 0 Å². The second kappa shape index (κ2) is 7.71. The van der Waals surface area contributed by atoms with E-state index in [4.69, 9.17) is 14.7 Å². The van der Waals surface area contributed by atoms with E-state index in [2.05, 4.69) is 10.6 Å². The standard InChI is InChI=1S/C17H17N3O3/c1-22-15-7-6-13(9-16(15)23-2)19-11-17(21)20-14-5-3-4-12(8-14)10-18/h3-9,19H,11H2,1-2H3,(H,20,21). The highest BCUT2D eigenvalue weighted by Gasteiger charge is 2.06. The van der Waals surface area contributed by atoms with Crippen molar-refractivity contribution in [3.05, 3.63) is 48.0 Å². The topological polar surface area (TPSA) is 83.4 Å². The summed E-state index contributed by atoms with van der Waals surface area (Å²) in [7, 11) is 3.12. The van der Waals surface area contributed by atoms with Crippen LogP contribution in [-0.4, -0.2) is 26.7 Å². The molecule has 0 spiro atoms. The van der Waals surface area contributed by atoms with Crippen LogP contribution in [0.2, 0.25) is 0 Å². The van der Waals surface area contributed by atoms with E-state index in [1.54, 1.807) is 56.7 Å². The predicted molar refractivity (Wildman–Crippen MR) is 87.8 cm³/mol. The Labute approximate surface area is 134 Å². The van der Waals surface area contributed by atoms with E-state index < -0.39 is 0 Å². The first-order chi connectivity index (χ1) is 11.2. The lowest BCUT2D eigenvalue weighted by Crippen LogP contribution is -2.21. The second-order valence-electron chi connectivity index (χ2n) is 4.66. The van der Waals surface area contributed by atoms with Crippen LogP contribution in [-0.2, 0) is 4.79 Å². The fraction of sp³-hybridized carbons (Fsp3) is 0.176. The Hall–Kier alpha value is -3.20. The molecule has 0 aromatic heterocycles. The molecule has 0 aliphatic rings. The molecular weight excluding hydrogens is 294 g/mol. The molecule has 2 N–H and O–H groups in total. The molecule has 0 aliphatic heterocycles. The molecule has 0 saturated heterocycles. The number of carbonyl (C=O) groups excluding carboxylic acids is 1. The van der Waals surface area contributed by atoms with Crippen molar-refractivity contribution in [1.29, 1.82) is 5.26 Å². The Kier molecular flexibility index (Phi) is 5.42. The Morgan fingerprint density at radius 2 is 1.87 bits per heavy atom. The Morgan fingerprint density at radius 3 is 2.57 bits per heavy atom. The van der Waals surface area contributed by atoms with Gasteiger partial charge in [0.05, 0.1) is 32.4 Å². The van der Waals surface area contributed by atoms with Crippen molar-refractivity contribution in [1.82, 2.24) is 0 Å². The van der Waals surface area contributed by atoms with E-state index in [9.17, 15) is 4.79 Å². The molecule has 0 heterocycles. The van der Waals surface area contributed by atoms with Gasteiger partial charge in [-0.25, -0.2) is 0 Å². The molecule has 2 rings (SSSR count). The maximum absolute atomic E-state index is 12.0. The molecule has 0 aliphatic carbocycles. The zero-order chi connectivity index (χ0) is 16.7. The number of benzene rings is 2. The number of nitrogens with zero attached hydrogens (tertiary/aromatic N) is 1. The van der Waals surface area contributed by atoms with Crippen molar-refractivity contribution in [2.45, 2.75) is 0 Å². The monoisotopic (exact) mass is 311 g/mol. The van der Waals surface area contributed by atoms with E-state index in [0.717, 1.165) is 5.69 Å². The summed E-state index contributed by atoms with van der Waals surface area (Å²) < 4.78 is 10.4. The molecule has 2 aromatic rings. The van der Waals surface area contributed by atoms with Gasteiger partial charge in [0.2, 0.25) is 5.91 Å². The van der Waals surface area contributed by atoms with Crippen LogP contribution in [0.3, 0.4) is 0 Å². The lowest BCUT2D eigenvalue weighted by atomic mass is 10.2. The summed E-state index contributed by atoms with van der Waals surface area (Å²) >= 11 is 0. The fourth-order valence-corrected chi connectivity index (χ4v) is 2.00. The van der Waals surface area contributed by atoms with Gasteiger partial charge < -0.3 is 20.1 Å². The molecule has 6 heteroatoms. The number of anilines is 2. The molecule has 0 fully saturated rings. The van der Waals surface area contributed by atoms with E-state index in [1.807, 2.05) is 6.07 Å². The van der Waals surface area contributed by atoms with Crippen molar-refractivity contribution in [2.24, 2.45) is 0 Å². The number of carbonyl (C=O) groups is 1.